The number of aryl methyl sites for hydroxylation is 1. The van der Waals surface area contributed by atoms with Gasteiger partial charge in [-0.05, 0) is 35.7 Å². The fraction of sp³-hybridized carbons (Fsp3) is 0.294. The maximum absolute atomic E-state index is 14.1. The monoisotopic (exact) mass is 293 g/mol. The van der Waals surface area contributed by atoms with Crippen molar-refractivity contribution in [2.45, 2.75) is 33.4 Å². The Morgan fingerprint density at radius 2 is 1.67 bits per heavy atom. The van der Waals surface area contributed by atoms with Gasteiger partial charge in [-0.25, -0.2) is 13.2 Å². The molecule has 0 unspecified atom stereocenters. The molecular formula is C17H18F3N. The molecule has 2 rings (SSSR count). The number of nitrogens with one attached hydrogen (secondary N) is 1. The van der Waals surface area contributed by atoms with Crippen molar-refractivity contribution >= 4 is 0 Å². The Morgan fingerprint density at radius 3 is 2.33 bits per heavy atom. The van der Waals surface area contributed by atoms with E-state index in [0.717, 1.165) is 5.56 Å². The highest BCUT2D eigenvalue weighted by Crippen LogP contribution is 2.29. The van der Waals surface area contributed by atoms with E-state index in [1.54, 1.807) is 6.07 Å². The zero-order valence-corrected chi connectivity index (χ0v) is 12.3. The average molecular weight is 293 g/mol. The van der Waals surface area contributed by atoms with Crippen LogP contribution in [-0.4, -0.2) is 6.04 Å². The summed E-state index contributed by atoms with van der Waals surface area (Å²) < 4.78 is 41.4. The maximum atomic E-state index is 14.1. The van der Waals surface area contributed by atoms with Crippen molar-refractivity contribution in [3.8, 4) is 11.1 Å². The van der Waals surface area contributed by atoms with Gasteiger partial charge in [-0.1, -0.05) is 32.0 Å². The van der Waals surface area contributed by atoms with Gasteiger partial charge in [0.1, 0.15) is 5.82 Å². The second-order valence-corrected chi connectivity index (χ2v) is 5.40. The van der Waals surface area contributed by atoms with Crippen molar-refractivity contribution in [1.29, 1.82) is 0 Å². The molecule has 1 N–H and O–H groups in total. The van der Waals surface area contributed by atoms with Crippen molar-refractivity contribution in [2.24, 2.45) is 0 Å². The molecule has 0 atom stereocenters. The Bertz CT molecular complexity index is 651. The highest BCUT2D eigenvalue weighted by atomic mass is 19.2. The molecule has 0 aliphatic carbocycles. The number of halogens is 3. The summed E-state index contributed by atoms with van der Waals surface area (Å²) >= 11 is 0. The summed E-state index contributed by atoms with van der Waals surface area (Å²) in [4.78, 5) is 0. The van der Waals surface area contributed by atoms with E-state index in [9.17, 15) is 13.2 Å². The Morgan fingerprint density at radius 1 is 0.952 bits per heavy atom. The molecular weight excluding hydrogens is 275 g/mol. The first-order valence-corrected chi connectivity index (χ1v) is 6.87. The van der Waals surface area contributed by atoms with Crippen LogP contribution in [0.15, 0.2) is 30.3 Å². The minimum atomic E-state index is -0.939. The van der Waals surface area contributed by atoms with E-state index in [4.69, 9.17) is 0 Å². The molecule has 0 bridgehead atoms. The molecule has 4 heteroatoms. The lowest BCUT2D eigenvalue weighted by molar-refractivity contribution is 0.505. The molecule has 0 saturated heterocycles. The highest BCUT2D eigenvalue weighted by Gasteiger charge is 2.16. The number of hydrogen-bond acceptors (Lipinski definition) is 1. The predicted octanol–water partition coefficient (Wildman–Crippen LogP) is 4.58. The zero-order valence-electron chi connectivity index (χ0n) is 12.3. The largest absolute Gasteiger partial charge is 0.310 e. The normalized spacial score (nSPS) is 11.2. The van der Waals surface area contributed by atoms with Gasteiger partial charge in [0.15, 0.2) is 11.6 Å². The summed E-state index contributed by atoms with van der Waals surface area (Å²) in [5.41, 5.74) is 1.42. The van der Waals surface area contributed by atoms with Gasteiger partial charge in [-0.3, -0.25) is 0 Å². The zero-order chi connectivity index (χ0) is 15.6. The SMILES string of the molecule is Cc1ccc(-c2cc(F)ccc2CNC(C)C)c(F)c1F. The van der Waals surface area contributed by atoms with Crippen LogP contribution in [-0.2, 0) is 6.54 Å². The van der Waals surface area contributed by atoms with E-state index in [1.807, 2.05) is 13.8 Å². The third-order valence-electron chi connectivity index (χ3n) is 3.34. The van der Waals surface area contributed by atoms with Crippen molar-refractivity contribution in [2.75, 3.05) is 0 Å². The Hall–Kier alpha value is -1.81. The van der Waals surface area contributed by atoms with E-state index in [0.29, 0.717) is 12.1 Å². The smallest absolute Gasteiger partial charge is 0.166 e. The van der Waals surface area contributed by atoms with Gasteiger partial charge in [0.2, 0.25) is 0 Å². The Balaban J connectivity index is 2.52. The molecule has 0 fully saturated rings. The summed E-state index contributed by atoms with van der Waals surface area (Å²) in [5, 5.41) is 3.20. The van der Waals surface area contributed by atoms with Gasteiger partial charge in [0.05, 0.1) is 0 Å². The minimum Gasteiger partial charge on any atom is -0.310 e. The molecule has 0 aliphatic rings. The summed E-state index contributed by atoms with van der Waals surface area (Å²) in [6.07, 6.45) is 0. The van der Waals surface area contributed by atoms with E-state index < -0.39 is 17.5 Å². The van der Waals surface area contributed by atoms with Gasteiger partial charge in [0, 0.05) is 18.2 Å². The van der Waals surface area contributed by atoms with Crippen molar-refractivity contribution < 1.29 is 13.2 Å². The lowest BCUT2D eigenvalue weighted by Gasteiger charge is -2.14. The van der Waals surface area contributed by atoms with Gasteiger partial charge >= 0.3 is 0 Å². The van der Waals surface area contributed by atoms with Crippen LogP contribution in [0.1, 0.15) is 25.0 Å². The van der Waals surface area contributed by atoms with E-state index in [1.165, 1.54) is 31.2 Å². The first kappa shape index (κ1) is 15.6. The Kier molecular flexibility index (Phi) is 4.68. The fourth-order valence-electron chi connectivity index (χ4n) is 2.12. The van der Waals surface area contributed by atoms with Crippen molar-refractivity contribution in [3.63, 3.8) is 0 Å². The number of rotatable bonds is 4. The fourth-order valence-corrected chi connectivity index (χ4v) is 2.12. The van der Waals surface area contributed by atoms with Crippen LogP contribution < -0.4 is 5.32 Å². The summed E-state index contributed by atoms with van der Waals surface area (Å²) in [5.74, 6) is -2.30. The third kappa shape index (κ3) is 3.45. The topological polar surface area (TPSA) is 12.0 Å². The van der Waals surface area contributed by atoms with Gasteiger partial charge in [0.25, 0.3) is 0 Å². The quantitative estimate of drug-likeness (QED) is 0.870. The lowest BCUT2D eigenvalue weighted by atomic mass is 9.97. The average Bonchev–Trinajstić information content (AvgIpc) is 2.43. The van der Waals surface area contributed by atoms with Crippen LogP contribution in [0.25, 0.3) is 11.1 Å². The third-order valence-corrected chi connectivity index (χ3v) is 3.34. The van der Waals surface area contributed by atoms with Gasteiger partial charge in [-0.15, -0.1) is 0 Å². The number of hydrogen-bond donors (Lipinski definition) is 1. The summed E-state index contributed by atoms with van der Waals surface area (Å²) in [6, 6.07) is 7.38. The molecule has 21 heavy (non-hydrogen) atoms. The van der Waals surface area contributed by atoms with Crippen LogP contribution in [0.5, 0.6) is 0 Å². The van der Waals surface area contributed by atoms with Gasteiger partial charge in [-0.2, -0.15) is 0 Å². The molecule has 0 amide bonds. The van der Waals surface area contributed by atoms with Crippen molar-refractivity contribution in [1.82, 2.24) is 5.32 Å². The van der Waals surface area contributed by atoms with Crippen LogP contribution >= 0.6 is 0 Å². The highest BCUT2D eigenvalue weighted by molar-refractivity contribution is 5.68. The molecule has 0 spiro atoms. The van der Waals surface area contributed by atoms with Crippen LogP contribution in [0, 0.1) is 24.4 Å². The summed E-state index contributed by atoms with van der Waals surface area (Å²) in [6.45, 7) is 5.92. The second-order valence-electron chi connectivity index (χ2n) is 5.40. The minimum absolute atomic E-state index is 0.0816. The van der Waals surface area contributed by atoms with Crippen LogP contribution in [0.2, 0.25) is 0 Å². The van der Waals surface area contributed by atoms with Crippen molar-refractivity contribution in [3.05, 3.63) is 58.9 Å². The second kappa shape index (κ2) is 6.31. The van der Waals surface area contributed by atoms with E-state index >= 15 is 0 Å². The van der Waals surface area contributed by atoms with E-state index in [-0.39, 0.29) is 17.2 Å². The van der Waals surface area contributed by atoms with Crippen LogP contribution in [0.3, 0.4) is 0 Å². The predicted molar refractivity (Wildman–Crippen MR) is 78.5 cm³/mol. The molecule has 2 aromatic carbocycles. The standard InChI is InChI=1S/C17H18F3N/c1-10(2)21-9-12-5-6-13(18)8-15(12)14-7-4-11(3)16(19)17(14)20/h4-8,10,21H,9H2,1-3H3. The molecule has 2 aromatic rings. The molecule has 112 valence electrons. The molecule has 0 radical (unpaired) electrons. The molecule has 0 heterocycles. The molecule has 0 aromatic heterocycles. The van der Waals surface area contributed by atoms with Gasteiger partial charge < -0.3 is 5.32 Å². The molecule has 0 aliphatic heterocycles. The lowest BCUT2D eigenvalue weighted by Crippen LogP contribution is -2.22. The molecule has 1 nitrogen and oxygen atoms in total. The Labute approximate surface area is 122 Å². The number of benzene rings is 2. The first-order chi connectivity index (χ1) is 9.90. The van der Waals surface area contributed by atoms with E-state index in [2.05, 4.69) is 5.32 Å². The first-order valence-electron chi connectivity index (χ1n) is 6.87. The summed E-state index contributed by atoms with van der Waals surface area (Å²) in [7, 11) is 0. The maximum Gasteiger partial charge on any atom is 0.166 e. The van der Waals surface area contributed by atoms with Crippen LogP contribution in [0.4, 0.5) is 13.2 Å². The molecule has 0 saturated carbocycles.